The predicted octanol–water partition coefficient (Wildman–Crippen LogP) is -10.1. The third-order valence-electron chi connectivity index (χ3n) is 15.0. The second-order valence-electron chi connectivity index (χ2n) is 23.2. The second-order valence-corrected chi connectivity index (χ2v) is 24.5. The lowest BCUT2D eigenvalue weighted by Crippen LogP contribution is -2.62. The quantitative estimate of drug-likeness (QED) is 0.00722. The molecule has 2 saturated heterocycles. The van der Waals surface area contributed by atoms with Gasteiger partial charge in [0.2, 0.25) is 70.9 Å². The van der Waals surface area contributed by atoms with Crippen LogP contribution in [0, 0.1) is 11.3 Å². The maximum Gasteiger partial charge on any atom is 0.305 e. The Morgan fingerprint density at radius 3 is 1.89 bits per heavy atom. The van der Waals surface area contributed by atoms with Crippen molar-refractivity contribution < 1.29 is 108 Å². The van der Waals surface area contributed by atoms with Crippen molar-refractivity contribution in [1.29, 1.82) is 5.41 Å². The molecule has 10 unspecified atom stereocenters. The molecule has 1 aromatic rings. The third-order valence-corrected chi connectivity index (χ3v) is 16.3. The summed E-state index contributed by atoms with van der Waals surface area (Å²) in [5, 5.41) is 110. The van der Waals surface area contributed by atoms with Gasteiger partial charge in [-0.15, -0.1) is 11.8 Å². The number of nitrogens with two attached hydrogens (primary N) is 3. The van der Waals surface area contributed by atoms with Gasteiger partial charge in [-0.05, 0) is 75.6 Å². The summed E-state index contributed by atoms with van der Waals surface area (Å²) in [7, 11) is 0. The summed E-state index contributed by atoms with van der Waals surface area (Å²) in [6.45, 7) is 2.49. The average Bonchev–Trinajstić information content (AvgIpc) is 1.13. The lowest BCUT2D eigenvalue weighted by molar-refractivity contribution is -0.145. The minimum Gasteiger partial charge on any atom is -0.508 e. The van der Waals surface area contributed by atoms with Crippen molar-refractivity contribution in [3.05, 3.63) is 29.8 Å². The number of aliphatic hydroxyl groups excluding tert-OH is 6. The summed E-state index contributed by atoms with van der Waals surface area (Å²) in [5.74, 6) is -15.3. The van der Waals surface area contributed by atoms with E-state index in [-0.39, 0.29) is 81.1 Å². The summed E-state index contributed by atoms with van der Waals surface area (Å²) in [6, 6.07) is -7.49. The number of aromatic hydroxyl groups is 1. The van der Waals surface area contributed by atoms with E-state index in [1.54, 1.807) is 18.7 Å². The molecule has 0 bridgehead atoms. The molecule has 38 nitrogen and oxygen atoms in total. The third kappa shape index (κ3) is 27.7. The number of primary amides is 1. The zero-order chi connectivity index (χ0) is 72.1. The van der Waals surface area contributed by atoms with E-state index < -0.39 is 212 Å². The Morgan fingerprint density at radius 1 is 0.719 bits per heavy atom. The molecule has 2 aliphatic rings. The summed E-state index contributed by atoms with van der Waals surface area (Å²) < 4.78 is 0. The minimum atomic E-state index is -2.07. The first-order chi connectivity index (χ1) is 45.2. The van der Waals surface area contributed by atoms with Gasteiger partial charge in [-0.2, -0.15) is 0 Å². The summed E-state index contributed by atoms with van der Waals surface area (Å²) in [4.78, 5) is 186. The molecule has 25 N–H and O–H groups in total. The van der Waals surface area contributed by atoms with Crippen LogP contribution in [0.25, 0.3) is 0 Å². The second kappa shape index (κ2) is 40.8. The fraction of sp³-hybridized carbons (Fsp3) is 0.632. The van der Waals surface area contributed by atoms with Crippen LogP contribution in [0.4, 0.5) is 0 Å². The van der Waals surface area contributed by atoms with E-state index in [4.69, 9.17) is 22.6 Å². The molecule has 0 spiro atoms. The number of β-amino-alcohol motifs (C(OH)–C–C–N with tert-alkyl or cyclic N) is 1. The number of thioether (sulfide) groups is 1. The van der Waals surface area contributed by atoms with E-state index in [2.05, 4.69) is 47.9 Å². The fourth-order valence-corrected chi connectivity index (χ4v) is 11.0. The van der Waals surface area contributed by atoms with Crippen LogP contribution in [0.1, 0.15) is 84.1 Å². The molecule has 0 aliphatic carbocycles. The Bertz CT molecular complexity index is 2900. The molecule has 536 valence electrons. The maximum atomic E-state index is 14.3. The number of carboxylic acids is 1. The number of amides is 12. The Kier molecular flexibility index (Phi) is 34.7. The number of piperidine rings is 1. The van der Waals surface area contributed by atoms with E-state index in [1.165, 1.54) is 31.2 Å². The molecule has 39 heteroatoms. The molecule has 2 fully saturated rings. The standard InChI is InChI=1S/C57H90N16O22S/c1-27(2)17-33(65-43(81)21-63-55(94)39(79)26-96-40-20-44(82)73(56(40)95)16-5-4-15-72-22-38(78)47(86)46(85)37(72)24-75)51(90)66-31(7-6-14-62-57(60)61)49(88)67-32(12-13-42(59)80)50(89)68-34(18-29-8-10-30(77)11-9-29)52(91)71-53(92)35(19-45(83)84)69-54(93)36(23-74)64-28(3)48(87)70-41(58)25-76/h8-11,25,27-28,31-41,46-47,64,74-75,77-79,85-86H,4-7,12-24,26,58H2,1-3H3,(H2,59,80)(H,63,94)(H,65,81)(H,66,90)(H,67,88)(H,68,89)(H,69,93)(H,70,87)(H,83,84)(H4,60,61,62)(H,71,91,92)/t28?,31?,32?,33?,34?,35?,36?,37-,38+,39?,40?,41?,46-,47-/m1/s1. The van der Waals surface area contributed by atoms with Crippen molar-refractivity contribution in [2.45, 2.75) is 169 Å². The first kappa shape index (κ1) is 81.7. The Morgan fingerprint density at radius 2 is 1.30 bits per heavy atom. The molecule has 3 rings (SSSR count). The number of benzene rings is 1. The Labute approximate surface area is 554 Å². The van der Waals surface area contributed by atoms with Crippen LogP contribution >= 0.6 is 11.8 Å². The number of rotatable bonds is 42. The van der Waals surface area contributed by atoms with Gasteiger partial charge >= 0.3 is 5.97 Å². The largest absolute Gasteiger partial charge is 0.508 e. The highest BCUT2D eigenvalue weighted by molar-refractivity contribution is 8.00. The van der Waals surface area contributed by atoms with Gasteiger partial charge in [0.1, 0.15) is 66.5 Å². The van der Waals surface area contributed by atoms with Crippen LogP contribution in [0.3, 0.4) is 0 Å². The predicted molar refractivity (Wildman–Crippen MR) is 336 cm³/mol. The number of guanidine groups is 1. The van der Waals surface area contributed by atoms with Crippen molar-refractivity contribution in [3.8, 4) is 5.75 Å². The summed E-state index contributed by atoms with van der Waals surface area (Å²) in [5.41, 5.74) is 16.5. The smallest absolute Gasteiger partial charge is 0.305 e. The number of hydrogen-bond acceptors (Lipinski definition) is 26. The molecular formula is C57H90N16O22S. The number of nitrogens with one attached hydrogen (secondary N) is 11. The van der Waals surface area contributed by atoms with Gasteiger partial charge in [0.25, 0.3) is 0 Å². The number of imide groups is 2. The highest BCUT2D eigenvalue weighted by Gasteiger charge is 2.42. The van der Waals surface area contributed by atoms with Crippen LogP contribution < -0.4 is 70.4 Å². The maximum absolute atomic E-state index is 14.3. The molecule has 96 heavy (non-hydrogen) atoms. The van der Waals surface area contributed by atoms with Crippen LogP contribution in [0.15, 0.2) is 24.3 Å². The molecule has 2 aliphatic heterocycles. The number of aliphatic hydroxyl groups is 6. The number of unbranched alkanes of at least 4 members (excludes halogenated alkanes) is 1. The molecule has 0 aromatic heterocycles. The number of hydrogen-bond donors (Lipinski definition) is 22. The van der Waals surface area contributed by atoms with Crippen LogP contribution in [0.2, 0.25) is 0 Å². The van der Waals surface area contributed by atoms with Gasteiger partial charge < -0.3 is 101 Å². The number of likely N-dealkylation sites (tertiary alicyclic amines) is 2. The number of aldehydes is 1. The fourth-order valence-electron chi connectivity index (χ4n) is 9.87. The number of carbonyl (C=O) groups is 14. The zero-order valence-electron chi connectivity index (χ0n) is 53.1. The molecule has 12 amide bonds. The summed E-state index contributed by atoms with van der Waals surface area (Å²) >= 11 is 0.826. The number of carboxylic acid groups (broad SMARTS) is 1. The zero-order valence-corrected chi connectivity index (χ0v) is 53.9. The van der Waals surface area contributed by atoms with E-state index in [0.29, 0.717) is 12.8 Å². The van der Waals surface area contributed by atoms with Gasteiger partial charge in [-0.1, -0.05) is 26.0 Å². The number of phenolic OH excluding ortho intramolecular Hbond substituents is 1. The van der Waals surface area contributed by atoms with Crippen LogP contribution in [-0.4, -0.2) is 276 Å². The van der Waals surface area contributed by atoms with Crippen molar-refractivity contribution in [3.63, 3.8) is 0 Å². The lowest BCUT2D eigenvalue weighted by atomic mass is 9.94. The molecule has 14 atom stereocenters. The van der Waals surface area contributed by atoms with Gasteiger partial charge in [0.15, 0.2) is 12.2 Å². The molecule has 0 radical (unpaired) electrons. The van der Waals surface area contributed by atoms with Gasteiger partial charge in [0, 0.05) is 44.6 Å². The SMILES string of the molecule is CC(C)CC(NC(=O)CNC(=O)C(O)CSC1CC(=O)N(CCCCN2C[C@H](O)[C@@H](O)[C@H](O)[C@H]2CO)C1=O)C(=O)NC(CCCNC(=N)N)C(=O)NC(CCC(N)=O)C(=O)NC(Cc1ccc(O)cc1)C(=O)NC(=O)C(CC(=O)O)NC(=O)C(CO)NC(C)C(=O)NC(N)C=O. The van der Waals surface area contributed by atoms with E-state index in [1.807, 2.05) is 5.32 Å². The number of phenols is 1. The minimum absolute atomic E-state index is 0.00436. The number of carbonyl (C=O) groups excluding carboxylic acids is 13. The average molecular weight is 1380 g/mol. The van der Waals surface area contributed by atoms with Crippen molar-refractivity contribution in [1.82, 2.24) is 63.0 Å². The molecule has 0 saturated carbocycles. The van der Waals surface area contributed by atoms with E-state index in [0.717, 1.165) is 16.7 Å². The van der Waals surface area contributed by atoms with E-state index in [9.17, 15) is 108 Å². The van der Waals surface area contributed by atoms with Crippen LogP contribution in [0.5, 0.6) is 5.75 Å². The summed E-state index contributed by atoms with van der Waals surface area (Å²) in [6.07, 6.45) is -9.77. The Hall–Kier alpha value is -8.54. The monoisotopic (exact) mass is 1380 g/mol. The molecule has 1 aromatic carbocycles. The topological polar surface area (TPSA) is 630 Å². The van der Waals surface area contributed by atoms with Crippen molar-refractivity contribution >= 4 is 101 Å². The molecule has 2 heterocycles. The first-order valence-corrected chi connectivity index (χ1v) is 31.6. The van der Waals surface area contributed by atoms with Gasteiger partial charge in [-0.25, -0.2) is 0 Å². The van der Waals surface area contributed by atoms with Gasteiger partial charge in [-0.3, -0.25) is 93.0 Å². The Balaban J connectivity index is 1.76. The lowest BCUT2D eigenvalue weighted by Gasteiger charge is -2.43. The number of aliphatic carboxylic acids is 1. The van der Waals surface area contributed by atoms with Crippen molar-refractivity contribution in [2.75, 3.05) is 51.7 Å². The van der Waals surface area contributed by atoms with Gasteiger partial charge in [0.05, 0.1) is 49.6 Å². The number of nitrogens with zero attached hydrogens (tertiary/aromatic N) is 2. The van der Waals surface area contributed by atoms with Crippen molar-refractivity contribution in [2.24, 2.45) is 23.1 Å². The van der Waals surface area contributed by atoms with Crippen LogP contribution in [-0.2, 0) is 73.5 Å². The highest BCUT2D eigenvalue weighted by Crippen LogP contribution is 2.27. The first-order valence-electron chi connectivity index (χ1n) is 30.6. The van der Waals surface area contributed by atoms with E-state index >= 15 is 0 Å². The molecular weight excluding hydrogens is 1290 g/mol. The normalized spacial score (nSPS) is 19.9. The highest BCUT2D eigenvalue weighted by atomic mass is 32.2.